The van der Waals surface area contributed by atoms with Crippen molar-refractivity contribution in [2.24, 2.45) is 0 Å². The molecule has 0 aromatic heterocycles. The molecule has 0 aliphatic rings. The molecule has 0 heterocycles. The molecule has 12 heavy (non-hydrogen) atoms. The largest absolute Gasteiger partial charge is 0.461 e. The van der Waals surface area contributed by atoms with Crippen molar-refractivity contribution in [3.05, 3.63) is 12.7 Å². The van der Waals surface area contributed by atoms with E-state index in [-0.39, 0.29) is 13.2 Å². The summed E-state index contributed by atoms with van der Waals surface area (Å²) < 4.78 is 34.3. The van der Waals surface area contributed by atoms with E-state index in [1.807, 2.05) is 0 Å². The van der Waals surface area contributed by atoms with Gasteiger partial charge in [-0.05, 0) is 0 Å². The lowest BCUT2D eigenvalue weighted by atomic mass is 10.6. The van der Waals surface area contributed by atoms with Gasteiger partial charge >= 0.3 is 16.3 Å². The first-order valence-electron chi connectivity index (χ1n) is 2.97. The number of ether oxygens (including phenoxy) is 1. The van der Waals surface area contributed by atoms with Gasteiger partial charge in [0.15, 0.2) is 0 Å². The Morgan fingerprint density at radius 2 is 2.25 bits per heavy atom. The highest BCUT2D eigenvalue weighted by Gasteiger charge is 2.01. The fourth-order valence-electron chi connectivity index (χ4n) is 0.381. The highest BCUT2D eigenvalue weighted by atomic mass is 32.2. The summed E-state index contributed by atoms with van der Waals surface area (Å²) >= 11 is 0. The second kappa shape index (κ2) is 4.86. The van der Waals surface area contributed by atoms with Gasteiger partial charge in [-0.3, -0.25) is 4.55 Å². The Hall–Kier alpha value is -0.920. The standard InChI is InChI=1S/C5H9NO5S/c1-2-5(7)11-4-3-6-12(8,9)10/h2,6H,1,3-4H2,(H,8,9,10). The van der Waals surface area contributed by atoms with Crippen LogP contribution in [0.15, 0.2) is 12.7 Å². The molecule has 0 bridgehead atoms. The van der Waals surface area contributed by atoms with Gasteiger partial charge in [0.05, 0.1) is 0 Å². The van der Waals surface area contributed by atoms with Crippen LogP contribution >= 0.6 is 0 Å². The third kappa shape index (κ3) is 7.19. The van der Waals surface area contributed by atoms with Gasteiger partial charge in [-0.2, -0.15) is 13.1 Å². The zero-order valence-electron chi connectivity index (χ0n) is 6.19. The molecule has 0 aliphatic heterocycles. The summed E-state index contributed by atoms with van der Waals surface area (Å²) in [5, 5.41) is 0. The highest BCUT2D eigenvalue weighted by molar-refractivity contribution is 7.83. The van der Waals surface area contributed by atoms with E-state index in [0.717, 1.165) is 6.08 Å². The fraction of sp³-hybridized carbons (Fsp3) is 0.400. The van der Waals surface area contributed by atoms with Crippen LogP contribution in [0, 0.1) is 0 Å². The summed E-state index contributed by atoms with van der Waals surface area (Å²) in [6.07, 6.45) is 0.952. The van der Waals surface area contributed by atoms with E-state index in [0.29, 0.717) is 0 Å². The predicted molar refractivity (Wildman–Crippen MR) is 40.7 cm³/mol. The van der Waals surface area contributed by atoms with E-state index in [1.54, 1.807) is 4.72 Å². The monoisotopic (exact) mass is 195 g/mol. The number of nitrogens with one attached hydrogen (secondary N) is 1. The maximum absolute atomic E-state index is 10.4. The summed E-state index contributed by atoms with van der Waals surface area (Å²) in [5.74, 6) is -0.646. The van der Waals surface area contributed by atoms with Crippen molar-refractivity contribution in [2.75, 3.05) is 13.2 Å². The van der Waals surface area contributed by atoms with Crippen molar-refractivity contribution in [1.29, 1.82) is 0 Å². The normalized spacial score (nSPS) is 10.8. The molecular weight excluding hydrogens is 186 g/mol. The van der Waals surface area contributed by atoms with Crippen molar-refractivity contribution >= 4 is 16.3 Å². The van der Waals surface area contributed by atoms with Crippen LogP contribution < -0.4 is 4.72 Å². The zero-order valence-corrected chi connectivity index (χ0v) is 7.00. The molecule has 0 aromatic carbocycles. The second-order valence-corrected chi connectivity index (χ2v) is 2.98. The number of rotatable bonds is 5. The van der Waals surface area contributed by atoms with Crippen molar-refractivity contribution < 1.29 is 22.5 Å². The molecule has 0 saturated carbocycles. The molecule has 0 radical (unpaired) electrons. The number of carbonyl (C=O) groups excluding carboxylic acids is 1. The third-order valence-electron chi connectivity index (χ3n) is 0.798. The SMILES string of the molecule is C=CC(=O)OCCNS(=O)(=O)O. The van der Waals surface area contributed by atoms with Gasteiger partial charge in [-0.25, -0.2) is 4.79 Å². The van der Waals surface area contributed by atoms with Crippen LogP contribution in [0.2, 0.25) is 0 Å². The van der Waals surface area contributed by atoms with E-state index in [9.17, 15) is 13.2 Å². The maximum atomic E-state index is 10.4. The molecule has 7 heteroatoms. The van der Waals surface area contributed by atoms with Gasteiger partial charge in [0.1, 0.15) is 6.61 Å². The van der Waals surface area contributed by atoms with E-state index in [4.69, 9.17) is 4.55 Å². The van der Waals surface area contributed by atoms with Crippen LogP contribution in [0.4, 0.5) is 0 Å². The predicted octanol–water partition coefficient (Wildman–Crippen LogP) is -0.892. The molecular formula is C5H9NO5S. The Morgan fingerprint density at radius 1 is 1.67 bits per heavy atom. The van der Waals surface area contributed by atoms with Crippen LogP contribution in [0.3, 0.4) is 0 Å². The average molecular weight is 195 g/mol. The Labute approximate surface area is 70.1 Å². The average Bonchev–Trinajstić information content (AvgIpc) is 1.96. The Balaban J connectivity index is 3.47. The molecule has 70 valence electrons. The van der Waals surface area contributed by atoms with Crippen LogP contribution in [-0.2, 0) is 19.8 Å². The first-order chi connectivity index (χ1) is 5.45. The van der Waals surface area contributed by atoms with Crippen molar-refractivity contribution in [3.63, 3.8) is 0 Å². The van der Waals surface area contributed by atoms with E-state index in [1.165, 1.54) is 0 Å². The summed E-state index contributed by atoms with van der Waals surface area (Å²) in [5.41, 5.74) is 0. The van der Waals surface area contributed by atoms with Crippen LogP contribution in [0.5, 0.6) is 0 Å². The maximum Gasteiger partial charge on any atom is 0.333 e. The fourth-order valence-corrected chi connectivity index (χ4v) is 0.722. The van der Waals surface area contributed by atoms with Crippen molar-refractivity contribution in [2.45, 2.75) is 0 Å². The minimum Gasteiger partial charge on any atom is -0.461 e. The molecule has 0 fully saturated rings. The van der Waals surface area contributed by atoms with Gasteiger partial charge in [0.2, 0.25) is 0 Å². The smallest absolute Gasteiger partial charge is 0.333 e. The minimum absolute atomic E-state index is 0.148. The third-order valence-corrected chi connectivity index (χ3v) is 1.37. The summed E-state index contributed by atoms with van der Waals surface area (Å²) in [7, 11) is -4.20. The lowest BCUT2D eigenvalue weighted by Crippen LogP contribution is -2.27. The van der Waals surface area contributed by atoms with Gasteiger partial charge in [-0.15, -0.1) is 0 Å². The van der Waals surface area contributed by atoms with Crippen LogP contribution in [0.1, 0.15) is 0 Å². The van der Waals surface area contributed by atoms with E-state index < -0.39 is 16.3 Å². The lowest BCUT2D eigenvalue weighted by Gasteiger charge is -2.00. The van der Waals surface area contributed by atoms with Gasteiger partial charge in [-0.1, -0.05) is 6.58 Å². The molecule has 0 saturated heterocycles. The molecule has 0 aromatic rings. The quantitative estimate of drug-likeness (QED) is 0.257. The van der Waals surface area contributed by atoms with E-state index >= 15 is 0 Å². The molecule has 0 rings (SSSR count). The highest BCUT2D eigenvalue weighted by Crippen LogP contribution is 1.78. The second-order valence-electron chi connectivity index (χ2n) is 1.74. The molecule has 6 nitrogen and oxygen atoms in total. The van der Waals surface area contributed by atoms with Gasteiger partial charge in [0.25, 0.3) is 0 Å². The number of esters is 1. The first kappa shape index (κ1) is 11.1. The molecule has 0 atom stereocenters. The molecule has 0 spiro atoms. The first-order valence-corrected chi connectivity index (χ1v) is 4.41. The lowest BCUT2D eigenvalue weighted by molar-refractivity contribution is -0.137. The molecule has 0 amide bonds. The summed E-state index contributed by atoms with van der Waals surface area (Å²) in [6.45, 7) is 2.81. The van der Waals surface area contributed by atoms with Crippen LogP contribution in [0.25, 0.3) is 0 Å². The Morgan fingerprint density at radius 3 is 2.67 bits per heavy atom. The minimum atomic E-state index is -4.20. The number of carbonyl (C=O) groups is 1. The number of hydrogen-bond acceptors (Lipinski definition) is 4. The van der Waals surface area contributed by atoms with Gasteiger partial charge < -0.3 is 4.74 Å². The van der Waals surface area contributed by atoms with Gasteiger partial charge in [0, 0.05) is 12.6 Å². The zero-order chi connectivity index (χ0) is 9.61. The molecule has 2 N–H and O–H groups in total. The molecule has 0 aliphatic carbocycles. The van der Waals surface area contributed by atoms with Crippen molar-refractivity contribution in [3.8, 4) is 0 Å². The van der Waals surface area contributed by atoms with E-state index in [2.05, 4.69) is 11.3 Å². The Kier molecular flexibility index (Phi) is 4.49. The number of hydrogen-bond donors (Lipinski definition) is 2. The molecule has 0 unspecified atom stereocenters. The van der Waals surface area contributed by atoms with Crippen LogP contribution in [-0.4, -0.2) is 32.1 Å². The Bertz CT molecular complexity index is 257. The van der Waals surface area contributed by atoms with Crippen molar-refractivity contribution in [1.82, 2.24) is 4.72 Å². The summed E-state index contributed by atoms with van der Waals surface area (Å²) in [6, 6.07) is 0. The topological polar surface area (TPSA) is 92.7 Å². The summed E-state index contributed by atoms with van der Waals surface area (Å²) in [4.78, 5) is 10.4.